The third-order valence-corrected chi connectivity index (χ3v) is 4.79. The highest BCUT2D eigenvalue weighted by atomic mass is 35.5. The second-order valence-electron chi connectivity index (χ2n) is 4.37. The van der Waals surface area contributed by atoms with Crippen LogP contribution in [0.15, 0.2) is 35.2 Å². The summed E-state index contributed by atoms with van der Waals surface area (Å²) in [5.41, 5.74) is 4.94. The van der Waals surface area contributed by atoms with Crippen molar-refractivity contribution in [3.63, 3.8) is 0 Å². The van der Waals surface area contributed by atoms with Crippen molar-refractivity contribution in [2.45, 2.75) is 4.90 Å². The fourth-order valence-electron chi connectivity index (χ4n) is 1.67. The molecule has 0 saturated heterocycles. The summed E-state index contributed by atoms with van der Waals surface area (Å²) in [6.07, 6.45) is 0. The van der Waals surface area contributed by atoms with Gasteiger partial charge < -0.3 is 10.8 Å². The number of nitrogen functional groups attached to an aromatic ring is 1. The Labute approximate surface area is 140 Å². The molecule has 0 unspecified atom stereocenters. The predicted molar refractivity (Wildman–Crippen MR) is 86.4 cm³/mol. The van der Waals surface area contributed by atoms with Gasteiger partial charge in [0.05, 0.1) is 31.2 Å². The highest BCUT2D eigenvalue weighted by molar-refractivity contribution is 7.92. The van der Waals surface area contributed by atoms with Crippen LogP contribution in [0.2, 0.25) is 10.0 Å². The number of anilines is 2. The molecule has 11 heteroatoms. The number of halogens is 2. The lowest BCUT2D eigenvalue weighted by atomic mass is 10.3. The summed E-state index contributed by atoms with van der Waals surface area (Å²) in [6, 6.07) is 5.16. The highest BCUT2D eigenvalue weighted by Crippen LogP contribution is 2.33. The average Bonchev–Trinajstić information content (AvgIpc) is 2.44. The maximum atomic E-state index is 12.3. The molecule has 2 aromatic carbocycles. The summed E-state index contributed by atoms with van der Waals surface area (Å²) in [5, 5.41) is 20.2. The number of aromatic hydroxyl groups is 1. The van der Waals surface area contributed by atoms with E-state index >= 15 is 0 Å². The van der Waals surface area contributed by atoms with E-state index in [9.17, 15) is 23.6 Å². The van der Waals surface area contributed by atoms with Gasteiger partial charge in [-0.15, -0.1) is 0 Å². The zero-order chi connectivity index (χ0) is 17.4. The minimum atomic E-state index is -4.16. The molecule has 2 aromatic rings. The Kier molecular flexibility index (Phi) is 4.55. The molecule has 0 heterocycles. The van der Waals surface area contributed by atoms with E-state index in [2.05, 4.69) is 4.72 Å². The summed E-state index contributed by atoms with van der Waals surface area (Å²) in [5.74, 6) is -0.646. The van der Waals surface area contributed by atoms with Crippen LogP contribution >= 0.6 is 23.2 Å². The van der Waals surface area contributed by atoms with Crippen molar-refractivity contribution in [2.75, 3.05) is 10.5 Å². The number of nitrogens with one attached hydrogen (secondary N) is 1. The topological polar surface area (TPSA) is 136 Å². The first-order valence-electron chi connectivity index (χ1n) is 5.86. The molecular weight excluding hydrogens is 369 g/mol. The second-order valence-corrected chi connectivity index (χ2v) is 6.86. The number of benzene rings is 2. The van der Waals surface area contributed by atoms with Crippen LogP contribution < -0.4 is 10.5 Å². The molecule has 0 bridgehead atoms. The number of hydrogen-bond donors (Lipinski definition) is 3. The van der Waals surface area contributed by atoms with E-state index in [1.165, 1.54) is 12.1 Å². The molecule has 0 spiro atoms. The minimum absolute atomic E-state index is 0.0323. The number of nitro groups is 1. The van der Waals surface area contributed by atoms with Gasteiger partial charge in [0.1, 0.15) is 0 Å². The normalized spacial score (nSPS) is 11.2. The van der Waals surface area contributed by atoms with Crippen LogP contribution in [0.3, 0.4) is 0 Å². The summed E-state index contributed by atoms with van der Waals surface area (Å²) in [4.78, 5) is 9.46. The van der Waals surface area contributed by atoms with Crippen molar-refractivity contribution < 1.29 is 18.4 Å². The molecule has 0 radical (unpaired) electrons. The molecule has 0 atom stereocenters. The molecule has 0 fully saturated rings. The van der Waals surface area contributed by atoms with Crippen LogP contribution in [-0.2, 0) is 10.0 Å². The molecular formula is C12H9Cl2N3O5S. The number of phenols is 1. The maximum absolute atomic E-state index is 12.3. The van der Waals surface area contributed by atoms with Crippen LogP contribution in [0, 0.1) is 10.1 Å². The molecule has 23 heavy (non-hydrogen) atoms. The summed E-state index contributed by atoms with van der Waals surface area (Å²) in [7, 11) is -4.16. The largest absolute Gasteiger partial charge is 0.502 e. The quantitative estimate of drug-likeness (QED) is 0.425. The molecule has 122 valence electrons. The van der Waals surface area contributed by atoms with Gasteiger partial charge in [0.2, 0.25) is 0 Å². The third-order valence-electron chi connectivity index (χ3n) is 2.79. The molecule has 4 N–H and O–H groups in total. The molecule has 8 nitrogen and oxygen atoms in total. The Bertz CT molecular complexity index is 879. The van der Waals surface area contributed by atoms with Crippen molar-refractivity contribution in [2.24, 2.45) is 0 Å². The van der Waals surface area contributed by atoms with Crippen molar-refractivity contribution in [1.82, 2.24) is 0 Å². The number of nitrogens with two attached hydrogens (primary N) is 1. The van der Waals surface area contributed by atoms with Gasteiger partial charge >= 0.3 is 5.69 Å². The van der Waals surface area contributed by atoms with Gasteiger partial charge in [0.15, 0.2) is 5.75 Å². The van der Waals surface area contributed by atoms with Gasteiger partial charge in [-0.05, 0) is 24.3 Å². The first-order chi connectivity index (χ1) is 10.6. The Hall–Kier alpha value is -2.23. The SMILES string of the molecule is Nc1c(Cl)cc(NS(=O)(=O)c2ccc(O)c([N+](=O)[O-])c2)cc1Cl. The van der Waals surface area contributed by atoms with Crippen molar-refractivity contribution in [3.05, 3.63) is 50.5 Å². The Morgan fingerprint density at radius 3 is 2.26 bits per heavy atom. The molecule has 0 amide bonds. The van der Waals surface area contributed by atoms with Gasteiger partial charge in [0.25, 0.3) is 10.0 Å². The molecule has 0 saturated carbocycles. The zero-order valence-corrected chi connectivity index (χ0v) is 13.5. The van der Waals surface area contributed by atoms with Crippen molar-refractivity contribution >= 4 is 50.3 Å². The molecule has 0 aliphatic heterocycles. The zero-order valence-electron chi connectivity index (χ0n) is 11.2. The predicted octanol–water partition coefficient (Wildman–Crippen LogP) is 2.99. The Morgan fingerprint density at radius 1 is 1.17 bits per heavy atom. The highest BCUT2D eigenvalue weighted by Gasteiger charge is 2.21. The molecule has 0 aliphatic carbocycles. The van der Waals surface area contributed by atoms with Crippen molar-refractivity contribution in [1.29, 1.82) is 0 Å². The van der Waals surface area contributed by atoms with E-state index < -0.39 is 31.3 Å². The summed E-state index contributed by atoms with van der Waals surface area (Å²) in [6.45, 7) is 0. The van der Waals surface area contributed by atoms with Gasteiger partial charge in [-0.25, -0.2) is 8.42 Å². The van der Waals surface area contributed by atoms with Crippen LogP contribution in [-0.4, -0.2) is 18.4 Å². The molecule has 0 aromatic heterocycles. The number of sulfonamides is 1. The number of nitrogens with zero attached hydrogens (tertiary/aromatic N) is 1. The maximum Gasteiger partial charge on any atom is 0.312 e. The third kappa shape index (κ3) is 3.58. The average molecular weight is 378 g/mol. The van der Waals surface area contributed by atoms with E-state index in [0.717, 1.165) is 18.2 Å². The number of nitro benzene ring substituents is 1. The standard InChI is InChI=1S/C12H9Cl2N3O5S/c13-8-3-6(4-9(14)12(8)15)16-23(21,22)7-1-2-11(18)10(5-7)17(19)20/h1-5,16,18H,15H2. The van der Waals surface area contributed by atoms with E-state index in [4.69, 9.17) is 28.9 Å². The van der Waals surface area contributed by atoms with E-state index in [1.54, 1.807) is 0 Å². The van der Waals surface area contributed by atoms with Gasteiger partial charge in [0, 0.05) is 6.07 Å². The van der Waals surface area contributed by atoms with E-state index in [1.807, 2.05) is 0 Å². The van der Waals surface area contributed by atoms with Gasteiger partial charge in [-0.3, -0.25) is 14.8 Å². The molecule has 2 rings (SSSR count). The first kappa shape index (κ1) is 17.1. The summed E-state index contributed by atoms with van der Waals surface area (Å²) >= 11 is 11.6. The monoisotopic (exact) mass is 377 g/mol. The van der Waals surface area contributed by atoms with Crippen LogP contribution in [0.4, 0.5) is 17.1 Å². The van der Waals surface area contributed by atoms with E-state index in [0.29, 0.717) is 0 Å². The lowest BCUT2D eigenvalue weighted by Gasteiger charge is -2.10. The smallest absolute Gasteiger partial charge is 0.312 e. The van der Waals surface area contributed by atoms with Crippen LogP contribution in [0.5, 0.6) is 5.75 Å². The fourth-order valence-corrected chi connectivity index (χ4v) is 3.22. The van der Waals surface area contributed by atoms with Gasteiger partial charge in [-0.1, -0.05) is 23.2 Å². The minimum Gasteiger partial charge on any atom is -0.502 e. The number of rotatable bonds is 4. The number of hydrogen-bond acceptors (Lipinski definition) is 6. The van der Waals surface area contributed by atoms with Crippen molar-refractivity contribution in [3.8, 4) is 5.75 Å². The Morgan fingerprint density at radius 2 is 1.74 bits per heavy atom. The van der Waals surface area contributed by atoms with Gasteiger partial charge in [-0.2, -0.15) is 0 Å². The Balaban J connectivity index is 2.44. The molecule has 0 aliphatic rings. The second kappa shape index (κ2) is 6.11. The van der Waals surface area contributed by atoms with E-state index in [-0.39, 0.29) is 21.4 Å². The lowest BCUT2D eigenvalue weighted by molar-refractivity contribution is -0.386. The fraction of sp³-hybridized carbons (Fsp3) is 0. The van der Waals surface area contributed by atoms with Crippen LogP contribution in [0.1, 0.15) is 0 Å². The lowest BCUT2D eigenvalue weighted by Crippen LogP contribution is -2.13. The summed E-state index contributed by atoms with van der Waals surface area (Å²) < 4.78 is 26.7. The first-order valence-corrected chi connectivity index (χ1v) is 8.10. The van der Waals surface area contributed by atoms with Crippen LogP contribution in [0.25, 0.3) is 0 Å². The number of phenolic OH excluding ortho intramolecular Hbond substituents is 1.